The van der Waals surface area contributed by atoms with Crippen molar-refractivity contribution in [2.75, 3.05) is 7.11 Å². The number of amides is 1. The molecular formula is C14H19NO4. The number of carboxylic acids is 1. The maximum Gasteiger partial charge on any atom is 0.325 e. The second kappa shape index (κ2) is 6.22. The van der Waals surface area contributed by atoms with E-state index < -0.39 is 12.0 Å². The van der Waals surface area contributed by atoms with Gasteiger partial charge in [-0.3, -0.25) is 9.59 Å². The second-order valence-electron chi connectivity index (χ2n) is 4.57. The van der Waals surface area contributed by atoms with E-state index in [2.05, 4.69) is 5.32 Å². The number of aryl methyl sites for hydroxylation is 2. The Morgan fingerprint density at radius 1 is 1.37 bits per heavy atom. The molecule has 1 unspecified atom stereocenters. The van der Waals surface area contributed by atoms with Crippen molar-refractivity contribution < 1.29 is 19.4 Å². The van der Waals surface area contributed by atoms with E-state index in [-0.39, 0.29) is 12.3 Å². The Bertz CT molecular complexity index is 496. The van der Waals surface area contributed by atoms with Gasteiger partial charge in [-0.2, -0.15) is 0 Å². The topological polar surface area (TPSA) is 75.6 Å². The van der Waals surface area contributed by atoms with Crippen LogP contribution in [0, 0.1) is 13.8 Å². The molecule has 1 aromatic rings. The lowest BCUT2D eigenvalue weighted by molar-refractivity contribution is -0.141. The third-order valence-electron chi connectivity index (χ3n) is 2.88. The first-order chi connectivity index (χ1) is 8.85. The van der Waals surface area contributed by atoms with E-state index in [1.54, 1.807) is 7.11 Å². The van der Waals surface area contributed by atoms with Crippen molar-refractivity contribution in [1.82, 2.24) is 5.32 Å². The summed E-state index contributed by atoms with van der Waals surface area (Å²) >= 11 is 0. The van der Waals surface area contributed by atoms with Crippen LogP contribution in [0.25, 0.3) is 0 Å². The maximum absolute atomic E-state index is 11.8. The van der Waals surface area contributed by atoms with Crippen LogP contribution in [0.2, 0.25) is 0 Å². The fourth-order valence-electron chi connectivity index (χ4n) is 1.88. The Morgan fingerprint density at radius 2 is 2.00 bits per heavy atom. The van der Waals surface area contributed by atoms with Crippen LogP contribution in [0.3, 0.4) is 0 Å². The monoisotopic (exact) mass is 265 g/mol. The van der Waals surface area contributed by atoms with E-state index in [1.807, 2.05) is 26.0 Å². The minimum Gasteiger partial charge on any atom is -0.496 e. The Morgan fingerprint density at radius 3 is 2.53 bits per heavy atom. The van der Waals surface area contributed by atoms with Gasteiger partial charge in [0.15, 0.2) is 0 Å². The number of carboxylic acid groups (broad SMARTS) is 1. The van der Waals surface area contributed by atoms with Gasteiger partial charge >= 0.3 is 5.97 Å². The van der Waals surface area contributed by atoms with E-state index in [1.165, 1.54) is 6.92 Å². The summed E-state index contributed by atoms with van der Waals surface area (Å²) in [6.45, 7) is 5.28. The predicted octanol–water partition coefficient (Wildman–Crippen LogP) is 1.44. The van der Waals surface area contributed by atoms with Crippen LogP contribution in [-0.2, 0) is 16.0 Å². The Hall–Kier alpha value is -2.04. The van der Waals surface area contributed by atoms with Crippen molar-refractivity contribution in [3.8, 4) is 5.75 Å². The Labute approximate surface area is 112 Å². The van der Waals surface area contributed by atoms with Crippen molar-refractivity contribution in [2.24, 2.45) is 0 Å². The number of hydrogen-bond donors (Lipinski definition) is 2. The first-order valence-electron chi connectivity index (χ1n) is 6.01. The summed E-state index contributed by atoms with van der Waals surface area (Å²) in [7, 11) is 1.55. The molecule has 2 N–H and O–H groups in total. The molecule has 0 aliphatic carbocycles. The van der Waals surface area contributed by atoms with Gasteiger partial charge in [-0.1, -0.05) is 6.07 Å². The molecule has 5 nitrogen and oxygen atoms in total. The summed E-state index contributed by atoms with van der Waals surface area (Å²) in [5.74, 6) is -0.739. The fraction of sp³-hybridized carbons (Fsp3) is 0.429. The van der Waals surface area contributed by atoms with Crippen molar-refractivity contribution in [2.45, 2.75) is 33.2 Å². The minimum absolute atomic E-state index is 0.104. The van der Waals surface area contributed by atoms with Crippen molar-refractivity contribution in [1.29, 1.82) is 0 Å². The van der Waals surface area contributed by atoms with Gasteiger partial charge in [0.2, 0.25) is 5.91 Å². The van der Waals surface area contributed by atoms with Gasteiger partial charge in [-0.15, -0.1) is 0 Å². The molecule has 1 rings (SSSR count). The van der Waals surface area contributed by atoms with E-state index in [0.717, 1.165) is 16.7 Å². The number of carbonyl (C=O) groups is 2. The number of rotatable bonds is 5. The number of carbonyl (C=O) groups excluding carboxylic acids is 1. The summed E-state index contributed by atoms with van der Waals surface area (Å²) in [6.07, 6.45) is 0.104. The molecule has 0 saturated carbocycles. The quantitative estimate of drug-likeness (QED) is 0.844. The summed E-state index contributed by atoms with van der Waals surface area (Å²) in [6, 6.07) is 2.92. The summed E-state index contributed by atoms with van der Waals surface area (Å²) < 4.78 is 5.26. The largest absolute Gasteiger partial charge is 0.496 e. The third kappa shape index (κ3) is 3.98. The van der Waals surface area contributed by atoms with Gasteiger partial charge in [0.1, 0.15) is 11.8 Å². The molecule has 0 aliphatic rings. The smallest absolute Gasteiger partial charge is 0.325 e. The molecule has 1 aromatic carbocycles. The molecule has 0 heterocycles. The highest BCUT2D eigenvalue weighted by atomic mass is 16.5. The Kier molecular flexibility index (Phi) is 4.92. The molecule has 19 heavy (non-hydrogen) atoms. The van der Waals surface area contributed by atoms with Crippen LogP contribution in [0.5, 0.6) is 5.75 Å². The molecule has 0 aromatic heterocycles. The molecule has 5 heteroatoms. The molecule has 0 bridgehead atoms. The lowest BCUT2D eigenvalue weighted by atomic mass is 10.0. The highest BCUT2D eigenvalue weighted by Gasteiger charge is 2.17. The van der Waals surface area contributed by atoms with Crippen LogP contribution in [0.1, 0.15) is 23.6 Å². The van der Waals surface area contributed by atoms with Crippen LogP contribution < -0.4 is 10.1 Å². The van der Waals surface area contributed by atoms with Crippen LogP contribution in [0.4, 0.5) is 0 Å². The SMILES string of the molecule is COc1cc(C)cc(C)c1CC(=O)NC(C)C(=O)O. The van der Waals surface area contributed by atoms with Gasteiger partial charge in [0.05, 0.1) is 13.5 Å². The van der Waals surface area contributed by atoms with Gasteiger partial charge < -0.3 is 15.2 Å². The molecule has 0 spiro atoms. The first kappa shape index (κ1) is 15.0. The second-order valence-corrected chi connectivity index (χ2v) is 4.57. The number of methoxy groups -OCH3 is 1. The molecular weight excluding hydrogens is 246 g/mol. The molecule has 1 amide bonds. The predicted molar refractivity (Wildman–Crippen MR) is 71.4 cm³/mol. The van der Waals surface area contributed by atoms with Crippen molar-refractivity contribution >= 4 is 11.9 Å². The lowest BCUT2D eigenvalue weighted by Gasteiger charge is -2.14. The molecule has 104 valence electrons. The van der Waals surface area contributed by atoms with E-state index in [4.69, 9.17) is 9.84 Å². The van der Waals surface area contributed by atoms with Gasteiger partial charge in [0.25, 0.3) is 0 Å². The molecule has 0 fully saturated rings. The van der Waals surface area contributed by atoms with Crippen LogP contribution in [0.15, 0.2) is 12.1 Å². The third-order valence-corrected chi connectivity index (χ3v) is 2.88. The van der Waals surface area contributed by atoms with Crippen LogP contribution in [-0.4, -0.2) is 30.1 Å². The normalized spacial score (nSPS) is 11.8. The van der Waals surface area contributed by atoms with E-state index in [9.17, 15) is 9.59 Å². The zero-order valence-electron chi connectivity index (χ0n) is 11.6. The fourth-order valence-corrected chi connectivity index (χ4v) is 1.88. The average Bonchev–Trinajstić information content (AvgIpc) is 2.31. The standard InChI is InChI=1S/C14H19NO4/c1-8-5-9(2)11(12(6-8)19-4)7-13(16)15-10(3)14(17)18/h5-6,10H,7H2,1-4H3,(H,15,16)(H,17,18). The zero-order chi connectivity index (χ0) is 14.6. The first-order valence-corrected chi connectivity index (χ1v) is 6.01. The van der Waals surface area contributed by atoms with Crippen molar-refractivity contribution in [3.63, 3.8) is 0 Å². The number of ether oxygens (including phenoxy) is 1. The number of hydrogen-bond acceptors (Lipinski definition) is 3. The number of aliphatic carboxylic acids is 1. The highest BCUT2D eigenvalue weighted by molar-refractivity contribution is 5.85. The summed E-state index contributed by atoms with van der Waals surface area (Å²) in [5.41, 5.74) is 2.79. The Balaban J connectivity index is 2.87. The summed E-state index contributed by atoms with van der Waals surface area (Å²) in [5, 5.41) is 11.2. The van der Waals surface area contributed by atoms with Crippen LogP contribution >= 0.6 is 0 Å². The molecule has 0 radical (unpaired) electrons. The maximum atomic E-state index is 11.8. The number of benzene rings is 1. The molecule has 1 atom stereocenters. The average molecular weight is 265 g/mol. The van der Waals surface area contributed by atoms with Gasteiger partial charge in [-0.05, 0) is 38.0 Å². The van der Waals surface area contributed by atoms with E-state index >= 15 is 0 Å². The van der Waals surface area contributed by atoms with Gasteiger partial charge in [-0.25, -0.2) is 0 Å². The van der Waals surface area contributed by atoms with Gasteiger partial charge in [0, 0.05) is 5.56 Å². The zero-order valence-corrected chi connectivity index (χ0v) is 11.6. The minimum atomic E-state index is -1.05. The number of nitrogens with one attached hydrogen (secondary N) is 1. The lowest BCUT2D eigenvalue weighted by Crippen LogP contribution is -2.39. The molecule has 0 aliphatic heterocycles. The highest BCUT2D eigenvalue weighted by Crippen LogP contribution is 2.24. The van der Waals surface area contributed by atoms with Crippen molar-refractivity contribution in [3.05, 3.63) is 28.8 Å². The summed E-state index contributed by atoms with van der Waals surface area (Å²) in [4.78, 5) is 22.5. The van der Waals surface area contributed by atoms with E-state index in [0.29, 0.717) is 5.75 Å². The molecule has 0 saturated heterocycles.